The minimum atomic E-state index is -0.270. The van der Waals surface area contributed by atoms with Crippen molar-refractivity contribution in [2.24, 2.45) is 0 Å². The predicted octanol–water partition coefficient (Wildman–Crippen LogP) is 3.40. The average molecular weight is 342 g/mol. The summed E-state index contributed by atoms with van der Waals surface area (Å²) in [6, 6.07) is 10.7. The average Bonchev–Trinajstić information content (AvgIpc) is 2.64. The van der Waals surface area contributed by atoms with Crippen molar-refractivity contribution in [3.63, 3.8) is 0 Å². The summed E-state index contributed by atoms with van der Waals surface area (Å²) in [5.41, 5.74) is 1.61. The van der Waals surface area contributed by atoms with Gasteiger partial charge in [-0.2, -0.15) is 0 Å². The van der Waals surface area contributed by atoms with Crippen LogP contribution < -0.4 is 5.32 Å². The fourth-order valence-electron chi connectivity index (χ4n) is 4.41. The monoisotopic (exact) mass is 342 g/mol. The maximum atomic E-state index is 12.7. The molecule has 4 nitrogen and oxygen atoms in total. The number of hydrogen-bond acceptors (Lipinski definition) is 2. The van der Waals surface area contributed by atoms with Crippen LogP contribution in [0.25, 0.3) is 0 Å². The van der Waals surface area contributed by atoms with Crippen molar-refractivity contribution < 1.29 is 9.59 Å². The molecule has 1 heterocycles. The van der Waals surface area contributed by atoms with Gasteiger partial charge in [0.1, 0.15) is 6.04 Å². The van der Waals surface area contributed by atoms with Gasteiger partial charge in [0, 0.05) is 19.5 Å². The molecule has 2 fully saturated rings. The van der Waals surface area contributed by atoms with E-state index in [4.69, 9.17) is 0 Å². The number of benzene rings is 1. The molecule has 4 heteroatoms. The van der Waals surface area contributed by atoms with E-state index in [1.54, 1.807) is 11.8 Å². The van der Waals surface area contributed by atoms with Gasteiger partial charge < -0.3 is 10.2 Å². The third kappa shape index (κ3) is 4.05. The summed E-state index contributed by atoms with van der Waals surface area (Å²) in [6.45, 7) is 4.61. The largest absolute Gasteiger partial charge is 0.352 e. The molecule has 1 N–H and O–H groups in total. The van der Waals surface area contributed by atoms with Crippen LogP contribution >= 0.6 is 0 Å². The molecular weight excluding hydrogens is 312 g/mol. The van der Waals surface area contributed by atoms with E-state index in [-0.39, 0.29) is 29.3 Å². The number of amides is 2. The Morgan fingerprint density at radius 1 is 1.08 bits per heavy atom. The number of nitrogens with zero attached hydrogens (tertiary/aromatic N) is 1. The third-order valence-corrected chi connectivity index (χ3v) is 6.12. The van der Waals surface area contributed by atoms with Crippen LogP contribution in [0, 0.1) is 0 Å². The lowest BCUT2D eigenvalue weighted by atomic mass is 9.69. The Hall–Kier alpha value is -1.84. The molecule has 25 heavy (non-hydrogen) atoms. The van der Waals surface area contributed by atoms with E-state index in [9.17, 15) is 9.59 Å². The third-order valence-electron chi connectivity index (χ3n) is 6.12. The zero-order chi connectivity index (χ0) is 17.9. The Morgan fingerprint density at radius 2 is 1.76 bits per heavy atom. The number of nitrogens with one attached hydrogen (secondary N) is 1. The molecule has 3 rings (SSSR count). The lowest BCUT2D eigenvalue weighted by molar-refractivity contribution is -0.141. The predicted molar refractivity (Wildman–Crippen MR) is 99.2 cm³/mol. The summed E-state index contributed by atoms with van der Waals surface area (Å²) in [4.78, 5) is 26.2. The van der Waals surface area contributed by atoms with Crippen molar-refractivity contribution >= 4 is 11.8 Å². The quantitative estimate of drug-likeness (QED) is 0.915. The first-order valence-electron chi connectivity index (χ1n) is 9.63. The van der Waals surface area contributed by atoms with Gasteiger partial charge in [-0.1, -0.05) is 37.3 Å². The minimum absolute atomic E-state index is 0.0140. The van der Waals surface area contributed by atoms with Crippen LogP contribution in [0.5, 0.6) is 0 Å². The van der Waals surface area contributed by atoms with Crippen molar-refractivity contribution in [2.45, 2.75) is 76.3 Å². The second-order valence-corrected chi connectivity index (χ2v) is 7.93. The summed E-state index contributed by atoms with van der Waals surface area (Å²) in [5, 5.41) is 3.23. The number of hydrogen-bond donors (Lipinski definition) is 1. The molecule has 1 unspecified atom stereocenters. The van der Waals surface area contributed by atoms with E-state index in [2.05, 4.69) is 42.6 Å². The van der Waals surface area contributed by atoms with Crippen molar-refractivity contribution in [3.8, 4) is 0 Å². The molecule has 2 aliphatic rings. The highest BCUT2D eigenvalue weighted by Crippen LogP contribution is 2.39. The van der Waals surface area contributed by atoms with Crippen LogP contribution in [-0.4, -0.2) is 35.3 Å². The summed E-state index contributed by atoms with van der Waals surface area (Å²) in [6.07, 6.45) is 7.00. The van der Waals surface area contributed by atoms with E-state index in [1.807, 2.05) is 0 Å². The van der Waals surface area contributed by atoms with Crippen molar-refractivity contribution in [3.05, 3.63) is 35.9 Å². The van der Waals surface area contributed by atoms with Gasteiger partial charge in [0.15, 0.2) is 0 Å². The Bertz CT molecular complexity index is 606. The SMILES string of the molecule is CC(=O)N1CCCCC1C(=O)NC1CCC(C)(c2ccccc2)CC1. The second-order valence-electron chi connectivity index (χ2n) is 7.93. The number of carbonyl (C=O) groups is 2. The molecule has 2 amide bonds. The number of likely N-dealkylation sites (tertiary alicyclic amines) is 1. The molecular formula is C21H30N2O2. The van der Waals surface area contributed by atoms with E-state index < -0.39 is 0 Å². The molecule has 1 aromatic rings. The van der Waals surface area contributed by atoms with Crippen molar-refractivity contribution in [1.29, 1.82) is 0 Å². The molecule has 0 spiro atoms. The maximum Gasteiger partial charge on any atom is 0.243 e. The molecule has 1 aliphatic heterocycles. The second kappa shape index (κ2) is 7.59. The van der Waals surface area contributed by atoms with Gasteiger partial charge in [0.05, 0.1) is 0 Å². The highest BCUT2D eigenvalue weighted by molar-refractivity contribution is 5.87. The number of piperidine rings is 1. The first-order chi connectivity index (χ1) is 12.0. The van der Waals surface area contributed by atoms with Gasteiger partial charge in [-0.05, 0) is 55.9 Å². The number of rotatable bonds is 3. The highest BCUT2D eigenvalue weighted by atomic mass is 16.2. The minimum Gasteiger partial charge on any atom is -0.352 e. The Labute approximate surface area is 151 Å². The van der Waals surface area contributed by atoms with Gasteiger partial charge in [-0.25, -0.2) is 0 Å². The summed E-state index contributed by atoms with van der Waals surface area (Å²) >= 11 is 0. The van der Waals surface area contributed by atoms with Crippen molar-refractivity contribution in [1.82, 2.24) is 10.2 Å². The van der Waals surface area contributed by atoms with E-state index in [0.717, 1.165) is 44.9 Å². The normalized spacial score (nSPS) is 29.9. The Morgan fingerprint density at radius 3 is 2.40 bits per heavy atom. The standard InChI is InChI=1S/C21H30N2O2/c1-16(24)23-15-7-6-10-19(23)20(25)22-18-11-13-21(2,14-12-18)17-8-4-3-5-9-17/h3-5,8-9,18-19H,6-7,10-15H2,1-2H3,(H,22,25). The molecule has 1 atom stereocenters. The summed E-state index contributed by atoms with van der Waals surface area (Å²) in [5.74, 6) is 0.0587. The molecule has 0 bridgehead atoms. The van der Waals surface area contributed by atoms with Gasteiger partial charge in [0.2, 0.25) is 11.8 Å². The van der Waals surface area contributed by atoms with Gasteiger partial charge >= 0.3 is 0 Å². The van der Waals surface area contributed by atoms with Crippen LogP contribution in [0.1, 0.15) is 64.4 Å². The van der Waals surface area contributed by atoms with Crippen molar-refractivity contribution in [2.75, 3.05) is 6.54 Å². The summed E-state index contributed by atoms with van der Waals surface area (Å²) in [7, 11) is 0. The first kappa shape index (κ1) is 18.0. The fraction of sp³-hybridized carbons (Fsp3) is 0.619. The molecule has 0 radical (unpaired) electrons. The lowest BCUT2D eigenvalue weighted by Crippen LogP contribution is -2.54. The van der Waals surface area contributed by atoms with Crippen LogP contribution in [0.3, 0.4) is 0 Å². The maximum absolute atomic E-state index is 12.7. The zero-order valence-electron chi connectivity index (χ0n) is 15.5. The van der Waals surface area contributed by atoms with E-state index in [1.165, 1.54) is 5.56 Å². The van der Waals surface area contributed by atoms with Gasteiger partial charge in [-0.15, -0.1) is 0 Å². The molecule has 1 aliphatic carbocycles. The topological polar surface area (TPSA) is 49.4 Å². The highest BCUT2D eigenvalue weighted by Gasteiger charge is 2.35. The van der Waals surface area contributed by atoms with E-state index >= 15 is 0 Å². The Balaban J connectivity index is 1.56. The van der Waals surface area contributed by atoms with Crippen LogP contribution in [0.4, 0.5) is 0 Å². The van der Waals surface area contributed by atoms with Crippen LogP contribution in [0.15, 0.2) is 30.3 Å². The first-order valence-corrected chi connectivity index (χ1v) is 9.63. The Kier molecular flexibility index (Phi) is 5.45. The fourth-order valence-corrected chi connectivity index (χ4v) is 4.41. The summed E-state index contributed by atoms with van der Waals surface area (Å²) < 4.78 is 0. The lowest BCUT2D eigenvalue weighted by Gasteiger charge is -2.39. The number of carbonyl (C=O) groups excluding carboxylic acids is 2. The van der Waals surface area contributed by atoms with Gasteiger partial charge in [0.25, 0.3) is 0 Å². The molecule has 1 saturated carbocycles. The molecule has 136 valence electrons. The molecule has 1 aromatic carbocycles. The molecule has 0 aromatic heterocycles. The zero-order valence-corrected chi connectivity index (χ0v) is 15.5. The van der Waals surface area contributed by atoms with Crippen LogP contribution in [-0.2, 0) is 15.0 Å². The smallest absolute Gasteiger partial charge is 0.243 e. The van der Waals surface area contributed by atoms with E-state index in [0.29, 0.717) is 6.54 Å². The molecule has 1 saturated heterocycles. The van der Waals surface area contributed by atoms with Crippen LogP contribution in [0.2, 0.25) is 0 Å². The van der Waals surface area contributed by atoms with Gasteiger partial charge in [-0.3, -0.25) is 9.59 Å².